The summed E-state index contributed by atoms with van der Waals surface area (Å²) in [6.07, 6.45) is 5.04. The largest absolute Gasteiger partial charge is 0.472 e. The summed E-state index contributed by atoms with van der Waals surface area (Å²) < 4.78 is 6.20. The van der Waals surface area contributed by atoms with E-state index in [0.717, 1.165) is 11.1 Å². The second-order valence-electron chi connectivity index (χ2n) is 7.70. The summed E-state index contributed by atoms with van der Waals surface area (Å²) in [5.41, 5.74) is 2.10. The maximum absolute atomic E-state index is 13.3. The van der Waals surface area contributed by atoms with Crippen molar-refractivity contribution in [2.24, 2.45) is 5.92 Å². The van der Waals surface area contributed by atoms with Crippen molar-refractivity contribution in [3.8, 4) is 17.0 Å². The van der Waals surface area contributed by atoms with E-state index in [9.17, 15) is 9.90 Å². The fourth-order valence-corrected chi connectivity index (χ4v) is 3.37. The van der Waals surface area contributed by atoms with Gasteiger partial charge in [-0.2, -0.15) is 0 Å². The van der Waals surface area contributed by atoms with Crippen LogP contribution in [0, 0.1) is 5.92 Å². The van der Waals surface area contributed by atoms with E-state index in [1.807, 2.05) is 39.2 Å². The molecule has 0 saturated heterocycles. The van der Waals surface area contributed by atoms with Crippen LogP contribution < -0.4 is 4.74 Å². The zero-order valence-corrected chi connectivity index (χ0v) is 16.9. The molecule has 0 fully saturated rings. The average Bonchev–Trinajstić information content (AvgIpc) is 2.70. The van der Waals surface area contributed by atoms with E-state index >= 15 is 0 Å². The van der Waals surface area contributed by atoms with Crippen molar-refractivity contribution >= 4 is 5.91 Å². The van der Waals surface area contributed by atoms with Crippen molar-refractivity contribution in [1.82, 2.24) is 19.8 Å². The van der Waals surface area contributed by atoms with Gasteiger partial charge in [-0.05, 0) is 33.2 Å². The summed E-state index contributed by atoms with van der Waals surface area (Å²) in [6, 6.07) is 5.29. The fourth-order valence-electron chi connectivity index (χ4n) is 3.37. The van der Waals surface area contributed by atoms with Gasteiger partial charge < -0.3 is 19.6 Å². The van der Waals surface area contributed by atoms with Crippen LogP contribution in [0.25, 0.3) is 11.1 Å². The van der Waals surface area contributed by atoms with Crippen LogP contribution in [0.2, 0.25) is 0 Å². The molecule has 0 saturated carbocycles. The number of rotatable bonds is 5. The maximum atomic E-state index is 13.3. The molecule has 3 heterocycles. The van der Waals surface area contributed by atoms with Crippen LogP contribution in [-0.4, -0.2) is 76.7 Å². The Bertz CT molecular complexity index is 813. The summed E-state index contributed by atoms with van der Waals surface area (Å²) in [5.74, 6) is 0.254. The van der Waals surface area contributed by atoms with Crippen molar-refractivity contribution in [2.45, 2.75) is 26.0 Å². The zero-order chi connectivity index (χ0) is 20.3. The second-order valence-corrected chi connectivity index (χ2v) is 7.70. The Kier molecular flexibility index (Phi) is 6.26. The van der Waals surface area contributed by atoms with Crippen LogP contribution in [0.15, 0.2) is 36.8 Å². The number of fused-ring (bicyclic) bond motifs is 1. The number of likely N-dealkylation sites (N-methyl/N-ethyl adjacent to an activating group) is 1. The van der Waals surface area contributed by atoms with Crippen molar-refractivity contribution in [3.63, 3.8) is 0 Å². The minimum absolute atomic E-state index is 0.0910. The van der Waals surface area contributed by atoms with E-state index in [1.165, 1.54) is 0 Å². The molecule has 150 valence electrons. The average molecular weight is 384 g/mol. The molecule has 7 heteroatoms. The predicted octanol–water partition coefficient (Wildman–Crippen LogP) is 1.93. The van der Waals surface area contributed by atoms with Gasteiger partial charge in [0.15, 0.2) is 0 Å². The highest BCUT2D eigenvalue weighted by atomic mass is 16.5. The number of aliphatic hydroxyl groups is 1. The maximum Gasteiger partial charge on any atom is 0.259 e. The first-order chi connectivity index (χ1) is 13.4. The molecule has 1 N–H and O–H groups in total. The molecule has 0 radical (unpaired) electrons. The van der Waals surface area contributed by atoms with Crippen LogP contribution in [0.4, 0.5) is 0 Å². The summed E-state index contributed by atoms with van der Waals surface area (Å²) >= 11 is 0. The predicted molar refractivity (Wildman–Crippen MR) is 107 cm³/mol. The number of carbonyl (C=O) groups is 1. The molecule has 0 spiro atoms. The summed E-state index contributed by atoms with van der Waals surface area (Å²) in [5, 5.41) is 9.69. The quantitative estimate of drug-likeness (QED) is 0.849. The summed E-state index contributed by atoms with van der Waals surface area (Å²) in [6.45, 7) is 5.04. The second kappa shape index (κ2) is 8.67. The van der Waals surface area contributed by atoms with Gasteiger partial charge in [0.1, 0.15) is 11.7 Å². The Morgan fingerprint density at radius 2 is 2.14 bits per heavy atom. The summed E-state index contributed by atoms with van der Waals surface area (Å²) in [7, 11) is 3.99. The molecule has 3 rings (SSSR count). The number of amides is 1. The minimum atomic E-state index is -0.289. The van der Waals surface area contributed by atoms with E-state index in [-0.39, 0.29) is 30.6 Å². The standard InChI is InChI=1S/C21H28N4O3/c1-14-11-25(15(2)13-26)21(27)18-8-17(16-6-5-7-22-9-16)10-23-20(18)28-19(14)12-24(3)4/h5-10,14-15,19,26H,11-13H2,1-4H3/t14-,15+,19-/m1/s1. The number of hydrogen-bond acceptors (Lipinski definition) is 6. The topological polar surface area (TPSA) is 78.8 Å². The Morgan fingerprint density at radius 3 is 2.79 bits per heavy atom. The van der Waals surface area contributed by atoms with Gasteiger partial charge >= 0.3 is 0 Å². The Morgan fingerprint density at radius 1 is 1.36 bits per heavy atom. The summed E-state index contributed by atoms with van der Waals surface area (Å²) in [4.78, 5) is 25.7. The molecule has 1 amide bonds. The number of nitrogens with zero attached hydrogens (tertiary/aromatic N) is 4. The van der Waals surface area contributed by atoms with Gasteiger partial charge in [0, 0.05) is 48.7 Å². The molecular weight excluding hydrogens is 356 g/mol. The highest BCUT2D eigenvalue weighted by molar-refractivity contribution is 5.98. The van der Waals surface area contributed by atoms with Crippen LogP contribution in [0.3, 0.4) is 0 Å². The normalized spacial score (nSPS) is 20.9. The third kappa shape index (κ3) is 4.31. The van der Waals surface area contributed by atoms with E-state index in [4.69, 9.17) is 4.74 Å². The number of ether oxygens (including phenoxy) is 1. The smallest absolute Gasteiger partial charge is 0.259 e. The van der Waals surface area contributed by atoms with Crippen LogP contribution in [-0.2, 0) is 0 Å². The SMILES string of the molecule is C[C@@H]1CN([C@@H](C)CO)C(=O)c2cc(-c3cccnc3)cnc2O[C@@H]1CN(C)C. The molecule has 0 aliphatic carbocycles. The first-order valence-electron chi connectivity index (χ1n) is 9.54. The van der Waals surface area contributed by atoms with E-state index in [0.29, 0.717) is 24.5 Å². The number of carbonyl (C=O) groups excluding carboxylic acids is 1. The number of aliphatic hydroxyl groups excluding tert-OH is 1. The van der Waals surface area contributed by atoms with E-state index < -0.39 is 0 Å². The van der Waals surface area contributed by atoms with E-state index in [1.54, 1.807) is 23.5 Å². The molecule has 0 unspecified atom stereocenters. The molecule has 0 aromatic carbocycles. The van der Waals surface area contributed by atoms with Gasteiger partial charge in [-0.25, -0.2) is 4.98 Å². The molecule has 7 nitrogen and oxygen atoms in total. The highest BCUT2D eigenvalue weighted by Gasteiger charge is 2.33. The lowest BCUT2D eigenvalue weighted by molar-refractivity contribution is 0.0348. The third-order valence-corrected chi connectivity index (χ3v) is 5.06. The Balaban J connectivity index is 2.06. The molecule has 2 aromatic rings. The fraction of sp³-hybridized carbons (Fsp3) is 0.476. The Hall–Kier alpha value is -2.51. The van der Waals surface area contributed by atoms with Crippen molar-refractivity contribution in [1.29, 1.82) is 0 Å². The van der Waals surface area contributed by atoms with Crippen LogP contribution in [0.5, 0.6) is 5.88 Å². The minimum Gasteiger partial charge on any atom is -0.472 e. The van der Waals surface area contributed by atoms with Gasteiger partial charge in [0.05, 0.1) is 12.6 Å². The molecule has 28 heavy (non-hydrogen) atoms. The van der Waals surface area contributed by atoms with Crippen molar-refractivity contribution in [2.75, 3.05) is 33.8 Å². The van der Waals surface area contributed by atoms with Gasteiger partial charge in [-0.3, -0.25) is 9.78 Å². The molecule has 0 bridgehead atoms. The molecule has 2 aromatic heterocycles. The van der Waals surface area contributed by atoms with Crippen LogP contribution in [0.1, 0.15) is 24.2 Å². The Labute approximate surface area is 166 Å². The first-order valence-corrected chi connectivity index (χ1v) is 9.54. The number of pyridine rings is 2. The molecule has 3 atom stereocenters. The number of hydrogen-bond donors (Lipinski definition) is 1. The van der Waals surface area contributed by atoms with Gasteiger partial charge in [0.25, 0.3) is 5.91 Å². The van der Waals surface area contributed by atoms with Gasteiger partial charge in [-0.1, -0.05) is 13.0 Å². The third-order valence-electron chi connectivity index (χ3n) is 5.06. The van der Waals surface area contributed by atoms with Gasteiger partial charge in [-0.15, -0.1) is 0 Å². The first kappa shape index (κ1) is 20.2. The lowest BCUT2D eigenvalue weighted by atomic mass is 9.99. The van der Waals surface area contributed by atoms with Crippen LogP contribution >= 0.6 is 0 Å². The molecule has 1 aliphatic heterocycles. The van der Waals surface area contributed by atoms with Gasteiger partial charge in [0.2, 0.25) is 5.88 Å². The lowest BCUT2D eigenvalue weighted by Gasteiger charge is -2.37. The monoisotopic (exact) mass is 384 g/mol. The van der Waals surface area contributed by atoms with E-state index in [2.05, 4.69) is 21.8 Å². The lowest BCUT2D eigenvalue weighted by Crippen LogP contribution is -2.49. The highest BCUT2D eigenvalue weighted by Crippen LogP contribution is 2.30. The zero-order valence-electron chi connectivity index (χ0n) is 16.9. The van der Waals surface area contributed by atoms with Crippen molar-refractivity contribution < 1.29 is 14.6 Å². The molecular formula is C21H28N4O3. The molecule has 1 aliphatic rings. The van der Waals surface area contributed by atoms with Crippen molar-refractivity contribution in [3.05, 3.63) is 42.4 Å². The number of aromatic nitrogens is 2.